The van der Waals surface area contributed by atoms with Crippen LogP contribution in [0.25, 0.3) is 0 Å². The smallest absolute Gasteiger partial charge is 0.00130 e. The first-order valence-corrected chi connectivity index (χ1v) is 5.61. The standard InChI is InChI=1S/C15H16/c1-2-14-10-6-7-11-15(14)12-13-8-4-3-5-9-13/h1,3-5,8-9H,6-7,10-12H2. The first-order valence-electron chi connectivity index (χ1n) is 5.61. The Morgan fingerprint density at radius 2 is 1.80 bits per heavy atom. The number of benzene rings is 1. The van der Waals surface area contributed by atoms with Crippen LogP contribution in [0.1, 0.15) is 31.2 Å². The van der Waals surface area contributed by atoms with E-state index >= 15 is 0 Å². The maximum atomic E-state index is 5.54. The quantitative estimate of drug-likeness (QED) is 0.632. The Balaban J connectivity index is 2.18. The van der Waals surface area contributed by atoms with Gasteiger partial charge in [0.25, 0.3) is 0 Å². The van der Waals surface area contributed by atoms with E-state index in [0.29, 0.717) is 0 Å². The summed E-state index contributed by atoms with van der Waals surface area (Å²) in [5.41, 5.74) is 4.11. The molecular weight excluding hydrogens is 180 g/mol. The molecule has 1 aliphatic rings. The van der Waals surface area contributed by atoms with Crippen LogP contribution in [-0.2, 0) is 6.42 Å². The zero-order valence-electron chi connectivity index (χ0n) is 9.00. The van der Waals surface area contributed by atoms with Crippen molar-refractivity contribution in [2.45, 2.75) is 32.1 Å². The maximum Gasteiger partial charge on any atom is 0.00130 e. The second-order valence-electron chi connectivity index (χ2n) is 4.10. The van der Waals surface area contributed by atoms with E-state index in [0.717, 1.165) is 12.8 Å². The first kappa shape index (κ1) is 10.1. The van der Waals surface area contributed by atoms with Crippen LogP contribution < -0.4 is 0 Å². The molecular formula is C15H16. The predicted molar refractivity (Wildman–Crippen MR) is 64.5 cm³/mol. The highest BCUT2D eigenvalue weighted by Gasteiger charge is 2.10. The summed E-state index contributed by atoms with van der Waals surface area (Å²) in [4.78, 5) is 0. The van der Waals surface area contributed by atoms with E-state index in [4.69, 9.17) is 6.42 Å². The lowest BCUT2D eigenvalue weighted by Gasteiger charge is -2.16. The minimum Gasteiger partial charge on any atom is -0.115 e. The molecule has 0 atom stereocenters. The molecule has 0 saturated heterocycles. The number of hydrogen-bond acceptors (Lipinski definition) is 0. The summed E-state index contributed by atoms with van der Waals surface area (Å²) in [6.45, 7) is 0. The molecule has 0 spiro atoms. The average molecular weight is 196 g/mol. The summed E-state index contributed by atoms with van der Waals surface area (Å²) in [6.07, 6.45) is 11.4. The third-order valence-corrected chi connectivity index (χ3v) is 3.02. The van der Waals surface area contributed by atoms with Crippen LogP contribution in [0.4, 0.5) is 0 Å². The molecule has 15 heavy (non-hydrogen) atoms. The van der Waals surface area contributed by atoms with Gasteiger partial charge in [-0.1, -0.05) is 41.8 Å². The van der Waals surface area contributed by atoms with Crippen molar-refractivity contribution in [1.82, 2.24) is 0 Å². The number of terminal acetylenes is 1. The highest BCUT2D eigenvalue weighted by Crippen LogP contribution is 2.26. The lowest BCUT2D eigenvalue weighted by molar-refractivity contribution is 0.673. The molecule has 0 aliphatic heterocycles. The van der Waals surface area contributed by atoms with Crippen molar-refractivity contribution in [3.05, 3.63) is 47.0 Å². The van der Waals surface area contributed by atoms with Crippen LogP contribution in [0.5, 0.6) is 0 Å². The molecule has 0 fully saturated rings. The van der Waals surface area contributed by atoms with Gasteiger partial charge in [-0.2, -0.15) is 0 Å². The Bertz CT molecular complexity index is 390. The van der Waals surface area contributed by atoms with Crippen LogP contribution in [0.2, 0.25) is 0 Å². The van der Waals surface area contributed by atoms with E-state index < -0.39 is 0 Å². The van der Waals surface area contributed by atoms with Gasteiger partial charge >= 0.3 is 0 Å². The van der Waals surface area contributed by atoms with Crippen molar-refractivity contribution >= 4 is 0 Å². The monoisotopic (exact) mass is 196 g/mol. The SMILES string of the molecule is C#CC1=C(Cc2ccccc2)CCCC1. The Labute approximate surface area is 92.0 Å². The van der Waals surface area contributed by atoms with Gasteiger partial charge in [-0.05, 0) is 37.7 Å². The molecule has 0 radical (unpaired) electrons. The maximum absolute atomic E-state index is 5.54. The summed E-state index contributed by atoms with van der Waals surface area (Å²) < 4.78 is 0. The Morgan fingerprint density at radius 1 is 1.07 bits per heavy atom. The first-order chi connectivity index (χ1) is 7.40. The topological polar surface area (TPSA) is 0 Å². The molecule has 1 aromatic carbocycles. The molecule has 0 heterocycles. The van der Waals surface area contributed by atoms with Gasteiger partial charge in [-0.3, -0.25) is 0 Å². The Morgan fingerprint density at radius 3 is 2.53 bits per heavy atom. The number of hydrogen-bond donors (Lipinski definition) is 0. The van der Waals surface area contributed by atoms with E-state index in [2.05, 4.69) is 36.3 Å². The summed E-state index contributed by atoms with van der Waals surface area (Å²) >= 11 is 0. The summed E-state index contributed by atoms with van der Waals surface area (Å²) in [7, 11) is 0. The number of allylic oxidation sites excluding steroid dienone is 2. The molecule has 0 nitrogen and oxygen atoms in total. The molecule has 76 valence electrons. The molecule has 0 bridgehead atoms. The zero-order chi connectivity index (χ0) is 10.5. The lowest BCUT2D eigenvalue weighted by Crippen LogP contribution is -2.01. The summed E-state index contributed by atoms with van der Waals surface area (Å²) in [6, 6.07) is 10.6. The fourth-order valence-corrected chi connectivity index (χ4v) is 2.18. The van der Waals surface area contributed by atoms with E-state index in [1.807, 2.05) is 0 Å². The average Bonchev–Trinajstić information content (AvgIpc) is 2.31. The largest absolute Gasteiger partial charge is 0.115 e. The highest BCUT2D eigenvalue weighted by molar-refractivity contribution is 5.36. The lowest BCUT2D eigenvalue weighted by atomic mass is 9.88. The zero-order valence-corrected chi connectivity index (χ0v) is 9.00. The Hall–Kier alpha value is -1.48. The summed E-state index contributed by atoms with van der Waals surface area (Å²) in [5.74, 6) is 2.85. The van der Waals surface area contributed by atoms with Crippen LogP contribution in [0, 0.1) is 12.3 Å². The van der Waals surface area contributed by atoms with Gasteiger partial charge in [0.05, 0.1) is 0 Å². The minimum absolute atomic E-state index is 1.04. The van der Waals surface area contributed by atoms with Gasteiger partial charge in [0.2, 0.25) is 0 Å². The molecule has 2 rings (SSSR count). The van der Waals surface area contributed by atoms with Crippen LogP contribution in [0.3, 0.4) is 0 Å². The molecule has 0 saturated carbocycles. The van der Waals surface area contributed by atoms with Crippen molar-refractivity contribution in [3.63, 3.8) is 0 Å². The number of rotatable bonds is 2. The van der Waals surface area contributed by atoms with E-state index in [9.17, 15) is 0 Å². The fourth-order valence-electron chi connectivity index (χ4n) is 2.18. The van der Waals surface area contributed by atoms with Crippen LogP contribution in [0.15, 0.2) is 41.5 Å². The van der Waals surface area contributed by atoms with Gasteiger partial charge < -0.3 is 0 Å². The third-order valence-electron chi connectivity index (χ3n) is 3.02. The molecule has 0 heteroatoms. The van der Waals surface area contributed by atoms with Crippen molar-refractivity contribution in [2.75, 3.05) is 0 Å². The van der Waals surface area contributed by atoms with Crippen molar-refractivity contribution in [3.8, 4) is 12.3 Å². The summed E-state index contributed by atoms with van der Waals surface area (Å²) in [5, 5.41) is 0. The predicted octanol–water partition coefficient (Wildman–Crippen LogP) is 3.73. The van der Waals surface area contributed by atoms with Crippen LogP contribution in [-0.4, -0.2) is 0 Å². The van der Waals surface area contributed by atoms with Gasteiger partial charge in [0.15, 0.2) is 0 Å². The highest BCUT2D eigenvalue weighted by atomic mass is 14.1. The molecule has 0 aromatic heterocycles. The van der Waals surface area contributed by atoms with Crippen molar-refractivity contribution in [2.24, 2.45) is 0 Å². The molecule has 0 amide bonds. The third kappa shape index (κ3) is 2.50. The molecule has 1 aliphatic carbocycles. The second kappa shape index (κ2) is 4.84. The molecule has 0 unspecified atom stereocenters. The van der Waals surface area contributed by atoms with Crippen molar-refractivity contribution < 1.29 is 0 Å². The van der Waals surface area contributed by atoms with E-state index in [1.54, 1.807) is 0 Å². The Kier molecular flexibility index (Phi) is 3.25. The second-order valence-corrected chi connectivity index (χ2v) is 4.10. The molecule has 1 aromatic rings. The van der Waals surface area contributed by atoms with E-state index in [-0.39, 0.29) is 0 Å². The van der Waals surface area contributed by atoms with Gasteiger partial charge in [0.1, 0.15) is 0 Å². The normalized spacial score (nSPS) is 16.2. The van der Waals surface area contributed by atoms with E-state index in [1.165, 1.54) is 36.0 Å². The van der Waals surface area contributed by atoms with Crippen LogP contribution >= 0.6 is 0 Å². The minimum atomic E-state index is 1.04. The van der Waals surface area contributed by atoms with Gasteiger partial charge in [0, 0.05) is 5.57 Å². The fraction of sp³-hybridized carbons (Fsp3) is 0.333. The van der Waals surface area contributed by atoms with Crippen molar-refractivity contribution in [1.29, 1.82) is 0 Å². The van der Waals surface area contributed by atoms with Gasteiger partial charge in [-0.15, -0.1) is 6.42 Å². The van der Waals surface area contributed by atoms with Gasteiger partial charge in [-0.25, -0.2) is 0 Å². The molecule has 0 N–H and O–H groups in total.